The largest absolute Gasteiger partial charge is 0.349 e. The van der Waals surface area contributed by atoms with Crippen LogP contribution in [0.2, 0.25) is 0 Å². The Morgan fingerprint density at radius 1 is 1.25 bits per heavy atom. The van der Waals surface area contributed by atoms with Crippen molar-refractivity contribution in [1.82, 2.24) is 10.7 Å². The van der Waals surface area contributed by atoms with Gasteiger partial charge in [-0.15, -0.1) is 0 Å². The SMILES string of the molecule is CCC(NC(=NC1CCCCC1)NN)c1ccccc1. The Labute approximate surface area is 121 Å². The zero-order valence-electron chi connectivity index (χ0n) is 12.3. The average molecular weight is 274 g/mol. The van der Waals surface area contributed by atoms with Crippen LogP contribution in [-0.4, -0.2) is 12.0 Å². The number of hydrogen-bond donors (Lipinski definition) is 3. The van der Waals surface area contributed by atoms with Gasteiger partial charge in [-0.3, -0.25) is 5.43 Å². The highest BCUT2D eigenvalue weighted by Crippen LogP contribution is 2.21. The third kappa shape index (κ3) is 4.23. The van der Waals surface area contributed by atoms with Gasteiger partial charge in [0.05, 0.1) is 12.1 Å². The molecular weight excluding hydrogens is 248 g/mol. The molecule has 0 amide bonds. The van der Waals surface area contributed by atoms with Crippen LogP contribution in [0, 0.1) is 0 Å². The fourth-order valence-corrected chi connectivity index (χ4v) is 2.78. The van der Waals surface area contributed by atoms with E-state index in [2.05, 4.69) is 41.9 Å². The Hall–Kier alpha value is -1.55. The first kappa shape index (κ1) is 14.9. The number of nitrogens with one attached hydrogen (secondary N) is 2. The molecular formula is C16H26N4. The van der Waals surface area contributed by atoms with Crippen molar-refractivity contribution in [3.8, 4) is 0 Å². The second-order valence-corrected chi connectivity index (χ2v) is 5.43. The van der Waals surface area contributed by atoms with Crippen LogP contribution in [0.4, 0.5) is 0 Å². The molecule has 1 saturated carbocycles. The standard InChI is InChI=1S/C16H26N4/c1-2-15(13-9-5-3-6-10-13)19-16(20-17)18-14-11-7-4-8-12-14/h3,5-6,9-10,14-15H,2,4,7-8,11-12,17H2,1H3,(H2,18,19,20). The van der Waals surface area contributed by atoms with Crippen molar-refractivity contribution in [2.45, 2.75) is 57.5 Å². The van der Waals surface area contributed by atoms with Crippen LogP contribution < -0.4 is 16.6 Å². The number of nitrogens with two attached hydrogens (primary N) is 1. The average Bonchev–Trinajstić information content (AvgIpc) is 2.53. The molecule has 4 N–H and O–H groups in total. The number of hydrazine groups is 1. The predicted molar refractivity (Wildman–Crippen MR) is 84.2 cm³/mol. The van der Waals surface area contributed by atoms with Gasteiger partial charge in [0.2, 0.25) is 5.96 Å². The molecule has 110 valence electrons. The predicted octanol–water partition coefficient (Wildman–Crippen LogP) is 2.88. The third-order valence-corrected chi connectivity index (χ3v) is 3.94. The van der Waals surface area contributed by atoms with Gasteiger partial charge in [0.1, 0.15) is 0 Å². The van der Waals surface area contributed by atoms with Crippen LogP contribution in [0.5, 0.6) is 0 Å². The second kappa shape index (κ2) is 7.90. The van der Waals surface area contributed by atoms with E-state index < -0.39 is 0 Å². The maximum absolute atomic E-state index is 5.63. The second-order valence-electron chi connectivity index (χ2n) is 5.43. The van der Waals surface area contributed by atoms with Gasteiger partial charge >= 0.3 is 0 Å². The summed E-state index contributed by atoms with van der Waals surface area (Å²) in [5.41, 5.74) is 3.99. The number of rotatable bonds is 4. The first-order valence-corrected chi connectivity index (χ1v) is 7.69. The van der Waals surface area contributed by atoms with Gasteiger partial charge in [0.25, 0.3) is 0 Å². The van der Waals surface area contributed by atoms with E-state index in [9.17, 15) is 0 Å². The van der Waals surface area contributed by atoms with E-state index in [0.717, 1.165) is 6.42 Å². The van der Waals surface area contributed by atoms with Gasteiger partial charge in [-0.05, 0) is 24.8 Å². The molecule has 1 aliphatic carbocycles. The number of aliphatic imine (C=N–C) groups is 1. The van der Waals surface area contributed by atoms with Crippen molar-refractivity contribution in [2.24, 2.45) is 10.8 Å². The van der Waals surface area contributed by atoms with E-state index in [1.54, 1.807) is 0 Å². The Morgan fingerprint density at radius 2 is 1.95 bits per heavy atom. The fourth-order valence-electron chi connectivity index (χ4n) is 2.78. The summed E-state index contributed by atoms with van der Waals surface area (Å²) in [5, 5.41) is 3.43. The minimum Gasteiger partial charge on any atom is -0.349 e. The maximum atomic E-state index is 5.63. The molecule has 4 nitrogen and oxygen atoms in total. The number of benzene rings is 1. The lowest BCUT2D eigenvalue weighted by molar-refractivity contribution is 0.439. The summed E-state index contributed by atoms with van der Waals surface area (Å²) in [6, 6.07) is 11.1. The Morgan fingerprint density at radius 3 is 2.55 bits per heavy atom. The van der Waals surface area contributed by atoms with E-state index in [0.29, 0.717) is 12.0 Å². The summed E-state index contributed by atoms with van der Waals surface area (Å²) in [5.74, 6) is 6.34. The molecule has 4 heteroatoms. The molecule has 0 spiro atoms. The molecule has 0 aromatic heterocycles. The lowest BCUT2D eigenvalue weighted by Crippen LogP contribution is -2.44. The summed E-state index contributed by atoms with van der Waals surface area (Å²) in [4.78, 5) is 4.74. The van der Waals surface area contributed by atoms with Gasteiger partial charge in [-0.25, -0.2) is 10.8 Å². The lowest BCUT2D eigenvalue weighted by Gasteiger charge is -2.23. The van der Waals surface area contributed by atoms with Gasteiger partial charge in [0, 0.05) is 0 Å². The van der Waals surface area contributed by atoms with Crippen molar-refractivity contribution in [1.29, 1.82) is 0 Å². The monoisotopic (exact) mass is 274 g/mol. The Bertz CT molecular complexity index is 410. The van der Waals surface area contributed by atoms with Crippen LogP contribution in [0.15, 0.2) is 35.3 Å². The smallest absolute Gasteiger partial charge is 0.206 e. The molecule has 0 heterocycles. The Kier molecular flexibility index (Phi) is 5.87. The summed E-state index contributed by atoms with van der Waals surface area (Å²) in [6.07, 6.45) is 7.25. The van der Waals surface area contributed by atoms with Crippen LogP contribution in [-0.2, 0) is 0 Å². The van der Waals surface area contributed by atoms with Gasteiger partial charge in [-0.1, -0.05) is 56.5 Å². The summed E-state index contributed by atoms with van der Waals surface area (Å²) < 4.78 is 0. The van der Waals surface area contributed by atoms with Crippen molar-refractivity contribution in [3.63, 3.8) is 0 Å². The van der Waals surface area contributed by atoms with Gasteiger partial charge in [-0.2, -0.15) is 0 Å². The van der Waals surface area contributed by atoms with Crippen molar-refractivity contribution >= 4 is 5.96 Å². The normalized spacial score (nSPS) is 18.6. The number of guanidine groups is 1. The van der Waals surface area contributed by atoms with Crippen molar-refractivity contribution in [3.05, 3.63) is 35.9 Å². The first-order valence-electron chi connectivity index (χ1n) is 7.69. The zero-order valence-corrected chi connectivity index (χ0v) is 12.3. The molecule has 1 atom stereocenters. The highest BCUT2D eigenvalue weighted by molar-refractivity contribution is 5.79. The zero-order chi connectivity index (χ0) is 14.2. The quantitative estimate of drug-likeness (QED) is 0.342. The van der Waals surface area contributed by atoms with Crippen LogP contribution in [0.1, 0.15) is 57.1 Å². The first-order chi connectivity index (χ1) is 9.83. The van der Waals surface area contributed by atoms with Gasteiger partial charge < -0.3 is 5.32 Å². The molecule has 20 heavy (non-hydrogen) atoms. The topological polar surface area (TPSA) is 62.4 Å². The van der Waals surface area contributed by atoms with Crippen molar-refractivity contribution < 1.29 is 0 Å². The minimum absolute atomic E-state index is 0.245. The van der Waals surface area contributed by atoms with E-state index in [1.165, 1.54) is 37.7 Å². The van der Waals surface area contributed by atoms with E-state index >= 15 is 0 Å². The maximum Gasteiger partial charge on any atom is 0.206 e. The van der Waals surface area contributed by atoms with Crippen LogP contribution in [0.3, 0.4) is 0 Å². The minimum atomic E-state index is 0.245. The summed E-state index contributed by atoms with van der Waals surface area (Å²) >= 11 is 0. The number of nitrogens with zero attached hydrogens (tertiary/aromatic N) is 1. The van der Waals surface area contributed by atoms with Crippen molar-refractivity contribution in [2.75, 3.05) is 0 Å². The third-order valence-electron chi connectivity index (χ3n) is 3.94. The molecule has 1 aromatic carbocycles. The van der Waals surface area contributed by atoms with E-state index in [-0.39, 0.29) is 6.04 Å². The fraction of sp³-hybridized carbons (Fsp3) is 0.562. The summed E-state index contributed by atoms with van der Waals surface area (Å²) in [7, 11) is 0. The molecule has 1 unspecified atom stereocenters. The molecule has 1 fully saturated rings. The van der Waals surface area contributed by atoms with Gasteiger partial charge in [0.15, 0.2) is 0 Å². The molecule has 0 radical (unpaired) electrons. The highest BCUT2D eigenvalue weighted by Gasteiger charge is 2.15. The molecule has 1 aliphatic rings. The Balaban J connectivity index is 2.02. The van der Waals surface area contributed by atoms with Crippen LogP contribution in [0.25, 0.3) is 0 Å². The molecule has 0 aliphatic heterocycles. The molecule has 1 aromatic rings. The molecule has 0 bridgehead atoms. The van der Waals surface area contributed by atoms with E-state index in [1.807, 2.05) is 6.07 Å². The summed E-state index contributed by atoms with van der Waals surface area (Å²) in [6.45, 7) is 2.17. The van der Waals surface area contributed by atoms with E-state index in [4.69, 9.17) is 10.8 Å². The molecule has 0 saturated heterocycles. The molecule has 2 rings (SSSR count). The van der Waals surface area contributed by atoms with Crippen LogP contribution >= 0.6 is 0 Å². The highest BCUT2D eigenvalue weighted by atomic mass is 15.3. The lowest BCUT2D eigenvalue weighted by atomic mass is 9.96. The number of hydrogen-bond acceptors (Lipinski definition) is 2.